The van der Waals surface area contributed by atoms with E-state index < -0.39 is 79.2 Å². The van der Waals surface area contributed by atoms with Crippen LogP contribution in [0.1, 0.15) is 17.9 Å². The Labute approximate surface area is 229 Å². The van der Waals surface area contributed by atoms with Crippen molar-refractivity contribution in [3.05, 3.63) is 93.3 Å². The van der Waals surface area contributed by atoms with E-state index in [0.717, 1.165) is 54.1 Å². The summed E-state index contributed by atoms with van der Waals surface area (Å²) < 4.78 is 158. The number of hydrogen-bond donors (Lipinski definition) is 0. The van der Waals surface area contributed by atoms with Gasteiger partial charge in [-0.05, 0) is 48.2 Å². The van der Waals surface area contributed by atoms with Crippen molar-refractivity contribution in [2.75, 3.05) is 7.11 Å². The molecular formula is C26H14F9NO5S. The Hall–Kier alpha value is -4.21. The average molecular weight is 623 g/mol. The van der Waals surface area contributed by atoms with Crippen molar-refractivity contribution in [2.24, 2.45) is 5.92 Å². The van der Waals surface area contributed by atoms with Crippen molar-refractivity contribution in [1.29, 1.82) is 0 Å². The highest BCUT2D eigenvalue weighted by Gasteiger charge is 2.57. The quantitative estimate of drug-likeness (QED) is 0.110. The molecule has 0 amide bonds. The molecule has 1 aliphatic rings. The fourth-order valence-electron chi connectivity index (χ4n) is 4.53. The molecule has 0 aliphatic heterocycles. The summed E-state index contributed by atoms with van der Waals surface area (Å²) in [6.07, 6.45) is -4.87. The SMILES string of the molecule is COc1cc([C@@H]2C[C@H]2C(F)(F)F)c(F)cc1-n1c(=O)ccc2cc(S(=O)(=O)Oc3c(F)c(F)c(F)c(F)c3F)ccc21. The number of methoxy groups -OCH3 is 1. The van der Waals surface area contributed by atoms with Gasteiger partial charge in [0.2, 0.25) is 34.8 Å². The molecule has 1 aromatic heterocycles. The van der Waals surface area contributed by atoms with E-state index in [1.807, 2.05) is 0 Å². The van der Waals surface area contributed by atoms with Gasteiger partial charge >= 0.3 is 16.3 Å². The molecule has 6 nitrogen and oxygen atoms in total. The molecule has 42 heavy (non-hydrogen) atoms. The van der Waals surface area contributed by atoms with Gasteiger partial charge in [-0.2, -0.15) is 30.4 Å². The summed E-state index contributed by atoms with van der Waals surface area (Å²) in [5.41, 5.74) is -1.39. The van der Waals surface area contributed by atoms with Gasteiger partial charge in [0.15, 0.2) is 0 Å². The summed E-state index contributed by atoms with van der Waals surface area (Å²) in [5, 5.41) is -0.0671. The van der Waals surface area contributed by atoms with Crippen molar-refractivity contribution in [2.45, 2.75) is 23.4 Å². The number of halogens is 9. The summed E-state index contributed by atoms with van der Waals surface area (Å²) >= 11 is 0. The zero-order chi connectivity index (χ0) is 30.9. The first-order chi connectivity index (χ1) is 19.6. The van der Waals surface area contributed by atoms with Crippen molar-refractivity contribution >= 4 is 21.0 Å². The minimum atomic E-state index is -5.23. The standard InChI is InChI=1S/C26H14F9NO5S/c1-40-18-8-13(12-7-14(12)26(33,34)35)15(27)9-17(18)36-16-4-3-11(6-10(16)2-5-19(36)37)42(38,39)41-25-23(31)21(29)20(28)22(30)24(25)32/h2-6,8-9,12,14H,7H2,1H3/t12-,14+/m0/s1. The number of hydrogen-bond acceptors (Lipinski definition) is 5. The Kier molecular flexibility index (Phi) is 6.94. The number of rotatable bonds is 6. The topological polar surface area (TPSA) is 74.6 Å². The van der Waals surface area contributed by atoms with Crippen molar-refractivity contribution in [1.82, 2.24) is 4.57 Å². The second kappa shape index (κ2) is 9.96. The third kappa shape index (κ3) is 4.82. The number of nitrogens with zero attached hydrogens (tertiary/aromatic N) is 1. The van der Waals surface area contributed by atoms with Crippen molar-refractivity contribution < 1.29 is 56.9 Å². The van der Waals surface area contributed by atoms with Crippen molar-refractivity contribution in [3.8, 4) is 17.2 Å². The third-order valence-corrected chi connectivity index (χ3v) is 7.88. The van der Waals surface area contributed by atoms with Gasteiger partial charge in [-0.15, -0.1) is 0 Å². The van der Waals surface area contributed by atoms with Gasteiger partial charge in [0.05, 0.1) is 24.2 Å². The fourth-order valence-corrected chi connectivity index (χ4v) is 5.49. The van der Waals surface area contributed by atoms with Crippen LogP contribution in [0, 0.1) is 40.8 Å². The highest BCUT2D eigenvalue weighted by molar-refractivity contribution is 7.87. The minimum Gasteiger partial charge on any atom is -0.495 e. The summed E-state index contributed by atoms with van der Waals surface area (Å²) in [7, 11) is -4.10. The lowest BCUT2D eigenvalue weighted by molar-refractivity contribution is -0.148. The first-order valence-electron chi connectivity index (χ1n) is 11.6. The van der Waals surface area contributed by atoms with Crippen LogP contribution in [-0.2, 0) is 10.1 Å². The Morgan fingerprint density at radius 2 is 1.48 bits per heavy atom. The predicted octanol–water partition coefficient (Wildman–Crippen LogP) is 6.27. The van der Waals surface area contributed by atoms with Crippen molar-refractivity contribution in [3.63, 3.8) is 0 Å². The Morgan fingerprint density at radius 1 is 0.857 bits per heavy atom. The van der Waals surface area contributed by atoms with Gasteiger partial charge < -0.3 is 8.92 Å². The Balaban J connectivity index is 1.58. The van der Waals surface area contributed by atoms with E-state index in [9.17, 15) is 48.3 Å². The maximum Gasteiger partial charge on any atom is 0.392 e. The molecule has 5 rings (SSSR count). The average Bonchev–Trinajstić information content (AvgIpc) is 3.74. The predicted molar refractivity (Wildman–Crippen MR) is 127 cm³/mol. The van der Waals surface area contributed by atoms with Gasteiger partial charge in [-0.3, -0.25) is 9.36 Å². The van der Waals surface area contributed by atoms with Crippen LogP contribution in [0.3, 0.4) is 0 Å². The number of aromatic nitrogens is 1. The van der Waals surface area contributed by atoms with Gasteiger partial charge in [0, 0.05) is 17.5 Å². The van der Waals surface area contributed by atoms with Crippen LogP contribution in [0.5, 0.6) is 11.5 Å². The fraction of sp³-hybridized carbons (Fsp3) is 0.192. The Bertz CT molecular complexity index is 1910. The minimum absolute atomic E-state index is 0.0671. The van der Waals surface area contributed by atoms with E-state index in [1.54, 1.807) is 0 Å². The van der Waals surface area contributed by atoms with Gasteiger partial charge in [-0.25, -0.2) is 17.6 Å². The molecule has 0 bridgehead atoms. The van der Waals surface area contributed by atoms with Crippen LogP contribution in [0.2, 0.25) is 0 Å². The largest absolute Gasteiger partial charge is 0.495 e. The van der Waals surface area contributed by atoms with Crippen LogP contribution in [0.25, 0.3) is 16.6 Å². The van der Waals surface area contributed by atoms with Gasteiger partial charge in [0.25, 0.3) is 5.56 Å². The van der Waals surface area contributed by atoms with Gasteiger partial charge in [0.1, 0.15) is 16.5 Å². The molecule has 1 aliphatic carbocycles. The molecule has 0 saturated heterocycles. The highest BCUT2D eigenvalue weighted by Crippen LogP contribution is 2.57. The van der Waals surface area contributed by atoms with Gasteiger partial charge in [-0.1, -0.05) is 0 Å². The van der Waals surface area contributed by atoms with E-state index in [2.05, 4.69) is 4.18 Å². The summed E-state index contributed by atoms with van der Waals surface area (Å²) in [6, 6.07) is 6.46. The maximum absolute atomic E-state index is 15.0. The maximum atomic E-state index is 15.0. The lowest BCUT2D eigenvalue weighted by atomic mass is 10.1. The smallest absolute Gasteiger partial charge is 0.392 e. The second-order valence-electron chi connectivity index (χ2n) is 9.20. The number of fused-ring (bicyclic) bond motifs is 1. The first-order valence-corrected chi connectivity index (χ1v) is 13.0. The number of benzene rings is 3. The van der Waals surface area contributed by atoms with E-state index in [1.165, 1.54) is 0 Å². The second-order valence-corrected chi connectivity index (χ2v) is 10.7. The van der Waals surface area contributed by atoms with E-state index in [0.29, 0.717) is 0 Å². The number of pyridine rings is 1. The monoisotopic (exact) mass is 623 g/mol. The zero-order valence-corrected chi connectivity index (χ0v) is 21.5. The summed E-state index contributed by atoms with van der Waals surface area (Å²) in [4.78, 5) is 12.0. The molecule has 0 N–H and O–H groups in total. The molecule has 0 spiro atoms. The number of alkyl halides is 3. The molecule has 0 radical (unpaired) electrons. The summed E-state index contributed by atoms with van der Waals surface area (Å²) in [6.45, 7) is 0. The molecule has 1 fully saturated rings. The van der Waals surface area contributed by atoms with E-state index in [4.69, 9.17) is 4.74 Å². The molecule has 2 atom stereocenters. The van der Waals surface area contributed by atoms with E-state index in [-0.39, 0.29) is 34.3 Å². The van der Waals surface area contributed by atoms with Crippen LogP contribution < -0.4 is 14.5 Å². The zero-order valence-electron chi connectivity index (χ0n) is 20.7. The normalized spacial score (nSPS) is 17.0. The van der Waals surface area contributed by atoms with E-state index >= 15 is 4.39 Å². The summed E-state index contributed by atoms with van der Waals surface area (Å²) in [5.74, 6) is -18.7. The molecule has 1 saturated carbocycles. The van der Waals surface area contributed by atoms with Crippen LogP contribution in [-0.4, -0.2) is 26.3 Å². The lowest BCUT2D eigenvalue weighted by Crippen LogP contribution is -2.19. The van der Waals surface area contributed by atoms with Crippen LogP contribution >= 0.6 is 0 Å². The first kappa shape index (κ1) is 29.3. The molecule has 3 aromatic carbocycles. The number of ether oxygens (including phenoxy) is 1. The molecule has 222 valence electrons. The molecule has 4 aromatic rings. The lowest BCUT2D eigenvalue weighted by Gasteiger charge is -2.17. The van der Waals surface area contributed by atoms with Crippen LogP contribution in [0.4, 0.5) is 39.5 Å². The highest BCUT2D eigenvalue weighted by atomic mass is 32.2. The molecule has 16 heteroatoms. The molecular weight excluding hydrogens is 609 g/mol. The molecule has 0 unspecified atom stereocenters. The van der Waals surface area contributed by atoms with Crippen LogP contribution in [0.15, 0.2) is 52.2 Å². The Morgan fingerprint density at radius 3 is 2.05 bits per heavy atom. The molecule has 1 heterocycles. The third-order valence-electron chi connectivity index (χ3n) is 6.67.